The molecule has 146 heavy (non-hydrogen) atoms. The molecule has 5 N–H and O–H groups in total. The van der Waals surface area contributed by atoms with Crippen LogP contribution in [0.1, 0.15) is 137 Å². The quantitative estimate of drug-likeness (QED) is 0.0254. The first-order valence-electron chi connectivity index (χ1n) is 48.2. The monoisotopic (exact) mass is 2390 g/mol. The van der Waals surface area contributed by atoms with E-state index < -0.39 is 32.3 Å². The van der Waals surface area contributed by atoms with Crippen LogP contribution >= 0.6 is 89.4 Å². The van der Waals surface area contributed by atoms with Crippen molar-refractivity contribution in [1.29, 1.82) is 0 Å². The first-order valence-corrected chi connectivity index (χ1v) is 77.9. The molecule has 0 amide bonds. The predicted octanol–water partition coefficient (Wildman–Crippen LogP) is 29.5. The average molecular weight is 2400 g/mol. The van der Waals surface area contributed by atoms with Gasteiger partial charge in [-0.3, -0.25) is 0 Å². The molecule has 13 rings (SSSR count). The minimum atomic E-state index is -1.63. The summed E-state index contributed by atoms with van der Waals surface area (Å²) in [4.78, 5) is 0. The Morgan fingerprint density at radius 3 is 0.959 bits per heavy atom. The molecule has 0 saturated heterocycles. The van der Waals surface area contributed by atoms with Crippen LogP contribution in [-0.2, 0) is 130 Å². The number of hydrogen-bond acceptors (Lipinski definition) is 5. The molecule has 13 aromatic carbocycles. The number of rotatable bonds is 27. The Hall–Kier alpha value is -3.37. The summed E-state index contributed by atoms with van der Waals surface area (Å²) in [6, 6.07) is 94.1. The molecule has 0 bridgehead atoms. The standard InChI is InChI=1S/C29H28FNOP.C24H27NOP.C23H37NOPSi2.2C20H29NOPSi.5ClH.5Ti/c1-29(2,3)31-19-23-16-24(30)14-15-26(23)33-27-18-22(20-10-6-4-7-11-20)17-25(28(27)32)21-12-8-5-9-13-21;1-17-10-13-22(20(14-17)16-25-24(2,3)4)27-23-15-19(11-12-21(23)26)18-8-6-5-7-9-18;1-23(2,3)24-16-17-12-10-11-13-19(17)26-20-14-18(27(4,5)6)15-21(22(20)25)28(7,8)9;1-20(2,3)21-14-15-10-7-8-11-16(15)23-17-12-9-13-18(19(17)22)24(4,5)6;1-20(2,3)21-14-15-9-7-8-10-18(15)23-19-13-16(24(4,5)6)11-12-17(19)22;;;;;;;;;;/h4-18,32-33H,19H2,1-3H3;5-15,26-27H,16H2,1-4H3;10-15,25-26H,16H2,1-9H3;2*7-13,22-23H,14H2,1-6H3;5*1H;;;;;/q5*-1;;;;;;5*+2/p-5. The average Bonchev–Trinajstić information content (AvgIpc) is 0.816. The van der Waals surface area contributed by atoms with Crippen LogP contribution < -0.4 is 73.8 Å². The number of phenols is 5. The van der Waals surface area contributed by atoms with Gasteiger partial charge in [-0.05, 0) is 114 Å². The second-order valence-corrected chi connectivity index (χ2v) is 71.0. The van der Waals surface area contributed by atoms with Gasteiger partial charge in [0.05, 0.1) is 32.3 Å². The predicted molar refractivity (Wildman–Crippen MR) is 647 cm³/mol. The molecule has 0 aromatic heterocycles. The third-order valence-electron chi connectivity index (χ3n) is 22.2. The number of halogens is 6. The number of nitrogens with zero attached hydrogens (tertiary/aromatic N) is 5. The van der Waals surface area contributed by atoms with Crippen molar-refractivity contribution >= 4 is 196 Å². The maximum atomic E-state index is 14.1. The van der Waals surface area contributed by atoms with Crippen molar-refractivity contribution < 1.29 is 127 Å². The molecule has 0 heterocycles. The van der Waals surface area contributed by atoms with E-state index in [2.05, 4.69) is 379 Å². The zero-order valence-electron chi connectivity index (χ0n) is 90.3. The van der Waals surface area contributed by atoms with Gasteiger partial charge in [0.2, 0.25) is 0 Å². The third kappa shape index (κ3) is 48.6. The van der Waals surface area contributed by atoms with E-state index in [1.54, 1.807) is 12.1 Å². The van der Waals surface area contributed by atoms with Crippen molar-refractivity contribution in [3.8, 4) is 62.1 Å². The van der Waals surface area contributed by atoms with Crippen LogP contribution in [0.4, 0.5) is 4.39 Å². The van der Waals surface area contributed by atoms with Crippen molar-refractivity contribution in [2.75, 3.05) is 0 Å². The van der Waals surface area contributed by atoms with Gasteiger partial charge in [-0.2, -0.15) is 0 Å². The summed E-state index contributed by atoms with van der Waals surface area (Å²) in [5, 5.41) is 94.0. The normalized spacial score (nSPS) is 11.9. The molecule has 0 aliphatic rings. The molecule has 13 aromatic rings. The van der Waals surface area contributed by atoms with Gasteiger partial charge in [0.1, 0.15) is 34.6 Å². The molecule has 5 atom stereocenters. The second-order valence-electron chi connectivity index (χ2n) is 44.1. The minimum absolute atomic E-state index is 0.0316. The Kier molecular flexibility index (Phi) is 60.0. The first-order chi connectivity index (χ1) is 68.4. The topological polar surface area (TPSA) is 172 Å². The summed E-state index contributed by atoms with van der Waals surface area (Å²) in [5.41, 5.74) is 12.9. The molecule has 0 fully saturated rings. The summed E-state index contributed by atoms with van der Waals surface area (Å²) in [5.74, 6) is 1.78. The second kappa shape index (κ2) is 65.0. The van der Waals surface area contributed by atoms with Gasteiger partial charge < -0.3 is 52.1 Å². The Morgan fingerprint density at radius 1 is 0.247 bits per heavy atom. The Balaban J connectivity index is 0.000000373. The van der Waals surface area contributed by atoms with Gasteiger partial charge in [0.25, 0.3) is 0 Å². The Labute approximate surface area is 968 Å². The fourth-order valence-electron chi connectivity index (χ4n) is 14.4. The van der Waals surface area contributed by atoms with E-state index in [4.69, 9.17) is 26.6 Å². The van der Waals surface area contributed by atoms with E-state index >= 15 is 0 Å². The van der Waals surface area contributed by atoms with Gasteiger partial charge in [-0.25, -0.2) is 4.39 Å². The van der Waals surface area contributed by atoms with E-state index in [1.165, 1.54) is 168 Å². The van der Waals surface area contributed by atoms with E-state index in [0.29, 0.717) is 70.4 Å². The van der Waals surface area contributed by atoms with E-state index in [0.717, 1.165) is 95.6 Å². The molecule has 5 unspecified atom stereocenters. The van der Waals surface area contributed by atoms with Crippen LogP contribution in [0.25, 0.3) is 60.0 Å². The van der Waals surface area contributed by atoms with Crippen molar-refractivity contribution in [1.82, 2.24) is 0 Å². The summed E-state index contributed by atoms with van der Waals surface area (Å²) < 4.78 is 14.1. The third-order valence-corrected chi connectivity index (χ3v) is 37.4. The molecule has 0 saturated carbocycles. The molecular weight excluding hydrogens is 2250 g/mol. The van der Waals surface area contributed by atoms with Gasteiger partial charge >= 0.3 is 143 Å². The summed E-state index contributed by atoms with van der Waals surface area (Å²) in [6.07, 6.45) is 0. The summed E-state index contributed by atoms with van der Waals surface area (Å²) >= 11 is 7.36. The Bertz CT molecular complexity index is 6090. The molecule has 772 valence electrons. The Morgan fingerprint density at radius 2 is 0.555 bits per heavy atom. The molecule has 0 spiro atoms. The number of phenolic OH excluding ortho intramolecular Hbond substituents is 5. The fourth-order valence-corrected chi connectivity index (χ4v) is 26.4. The van der Waals surface area contributed by atoms with Crippen LogP contribution in [0.15, 0.2) is 279 Å². The number of hydrogen-bond donors (Lipinski definition) is 5. The molecule has 30 heteroatoms. The van der Waals surface area contributed by atoms with Crippen LogP contribution in [-0.4, -0.2) is 85.5 Å². The van der Waals surface area contributed by atoms with Gasteiger partial charge in [0.15, 0.2) is 0 Å². The molecular formula is C116H150Cl5FN5O5P5Si4Ti5. The van der Waals surface area contributed by atoms with Gasteiger partial charge in [-0.15, -0.1) is 60.4 Å². The van der Waals surface area contributed by atoms with E-state index in [-0.39, 0.29) is 47.8 Å². The number of aromatic hydroxyl groups is 5. The van der Waals surface area contributed by atoms with Crippen LogP contribution in [0.3, 0.4) is 0 Å². The molecule has 0 aliphatic carbocycles. The van der Waals surface area contributed by atoms with Crippen molar-refractivity contribution in [2.24, 2.45) is 0 Å². The number of para-hydroxylation sites is 1. The zero-order valence-corrected chi connectivity index (χ0v) is 111. The van der Waals surface area contributed by atoms with Gasteiger partial charge in [-0.1, -0.05) is 506 Å². The fraction of sp³-hybridized carbons (Fsp3) is 0.328. The molecule has 0 aliphatic heterocycles. The van der Waals surface area contributed by atoms with E-state index in [1.807, 2.05) is 118 Å². The molecule has 10 nitrogen and oxygen atoms in total. The van der Waals surface area contributed by atoms with Crippen LogP contribution in [0.2, 0.25) is 78.6 Å². The van der Waals surface area contributed by atoms with Crippen LogP contribution in [0.5, 0.6) is 28.7 Å². The van der Waals surface area contributed by atoms with Gasteiger partial charge in [0, 0.05) is 32.1 Å². The van der Waals surface area contributed by atoms with E-state index in [9.17, 15) is 29.9 Å². The zero-order chi connectivity index (χ0) is 110. The number of aryl methyl sites for hydroxylation is 1. The number of benzene rings is 13. The van der Waals surface area contributed by atoms with Crippen molar-refractivity contribution in [3.63, 3.8) is 0 Å². The summed E-state index contributed by atoms with van der Waals surface area (Å²) in [7, 11) is 19.1. The first kappa shape index (κ1) is 135. The maximum absolute atomic E-state index is 14.1. The van der Waals surface area contributed by atoms with Crippen molar-refractivity contribution in [3.05, 3.63) is 345 Å². The summed E-state index contributed by atoms with van der Waals surface area (Å²) in [6.45, 7) is 65.0. The van der Waals surface area contributed by atoms with Crippen molar-refractivity contribution in [2.45, 2.75) is 250 Å². The molecule has 0 radical (unpaired) electrons. The van der Waals surface area contributed by atoms with Crippen LogP contribution in [0, 0.1) is 12.7 Å². The SMILES string of the molecule is CC(C)(C)[N-]Cc1cc(F)ccc1Pc1cc(-c2ccccc2)cc(-c2ccccc2)c1O.CC(C)(C)[N-]Cc1ccccc1Pc1cc([Si](C)(C)C)cc([Si](C)(C)C)c1O.CC(C)(C)[N-]Cc1ccccc1Pc1cc([Si](C)(C)C)ccc1O.CC(C)(C)[N-]Cc1ccccc1Pc1cccc([Si](C)(C)C)c1O.Cc1ccc(Pc2cc(-c3ccccc3)ccc2O)c(C[N-]C(C)(C)C)c1.[Cl][Ti+].[Cl][Ti+].[Cl][Ti+].[Cl][Ti+].[Cl][Ti+].